The first-order valence-corrected chi connectivity index (χ1v) is 14.5. The second-order valence-corrected chi connectivity index (χ2v) is 11.4. The molecular formula is C34H31ClN4O2S. The molecule has 1 aliphatic heterocycles. The predicted octanol–water partition coefficient (Wildman–Crippen LogP) is 7.24. The third-order valence-corrected chi connectivity index (χ3v) is 8.28. The Morgan fingerprint density at radius 1 is 0.905 bits per heavy atom. The largest absolute Gasteiger partial charge is 0.328 e. The van der Waals surface area contributed by atoms with Crippen molar-refractivity contribution in [2.45, 2.75) is 25.8 Å². The molecule has 2 amide bonds. The van der Waals surface area contributed by atoms with E-state index in [-0.39, 0.29) is 30.3 Å². The quantitative estimate of drug-likeness (QED) is 0.217. The minimum absolute atomic E-state index is 0. The number of thiazole rings is 1. The summed E-state index contributed by atoms with van der Waals surface area (Å²) < 4.78 is 0. The van der Waals surface area contributed by atoms with Crippen LogP contribution >= 0.6 is 23.7 Å². The second-order valence-electron chi connectivity index (χ2n) is 10.2. The van der Waals surface area contributed by atoms with E-state index in [2.05, 4.69) is 5.32 Å². The van der Waals surface area contributed by atoms with Crippen molar-refractivity contribution < 1.29 is 9.59 Å². The van der Waals surface area contributed by atoms with Gasteiger partial charge in [-0.15, -0.1) is 23.7 Å². The monoisotopic (exact) mass is 594 g/mol. The number of anilines is 2. The van der Waals surface area contributed by atoms with Crippen LogP contribution in [-0.4, -0.2) is 29.4 Å². The van der Waals surface area contributed by atoms with Gasteiger partial charge in [0.15, 0.2) is 0 Å². The van der Waals surface area contributed by atoms with E-state index in [0.29, 0.717) is 23.4 Å². The summed E-state index contributed by atoms with van der Waals surface area (Å²) in [5.74, 6) is -0.289. The standard InChI is InChI=1S/C34H30N4O2S.ClH/c1-22(35)21-31-37-32-28-13-7-8-14-29(28)38(20-19-30(32)41-31)34(40)24-15-17-25(18-16-24)36-33(39)27-12-6-5-11-26(27)23-9-3-2-4-10-23;/h2-18,22H,19-21,35H2,1H3,(H,36,39);1H. The zero-order chi connectivity index (χ0) is 28.3. The van der Waals surface area contributed by atoms with Crippen LogP contribution in [0, 0.1) is 0 Å². The fraction of sp³-hybridized carbons (Fsp3) is 0.147. The molecule has 1 atom stereocenters. The van der Waals surface area contributed by atoms with E-state index in [1.165, 1.54) is 4.88 Å². The minimum atomic E-state index is -0.202. The number of nitrogens with zero attached hydrogens (tertiary/aromatic N) is 2. The lowest BCUT2D eigenvalue weighted by Gasteiger charge is -2.23. The molecule has 1 unspecified atom stereocenters. The first-order chi connectivity index (χ1) is 20.0. The lowest BCUT2D eigenvalue weighted by molar-refractivity contribution is 0.0986. The van der Waals surface area contributed by atoms with Crippen molar-refractivity contribution in [3.63, 3.8) is 0 Å². The van der Waals surface area contributed by atoms with Gasteiger partial charge in [-0.3, -0.25) is 9.59 Å². The Morgan fingerprint density at radius 3 is 2.31 bits per heavy atom. The van der Waals surface area contributed by atoms with Crippen LogP contribution in [0.2, 0.25) is 0 Å². The Hall–Kier alpha value is -4.30. The van der Waals surface area contributed by atoms with E-state index in [1.54, 1.807) is 35.6 Å². The highest BCUT2D eigenvalue weighted by Gasteiger charge is 2.27. The summed E-state index contributed by atoms with van der Waals surface area (Å²) in [6.45, 7) is 2.54. The number of benzene rings is 4. The number of hydrogen-bond acceptors (Lipinski definition) is 5. The van der Waals surface area contributed by atoms with Gasteiger partial charge in [-0.05, 0) is 54.4 Å². The lowest BCUT2D eigenvalue weighted by Crippen LogP contribution is -2.32. The highest BCUT2D eigenvalue weighted by Crippen LogP contribution is 2.39. The summed E-state index contributed by atoms with van der Waals surface area (Å²) >= 11 is 1.69. The lowest BCUT2D eigenvalue weighted by atomic mass is 9.99. The summed E-state index contributed by atoms with van der Waals surface area (Å²) in [5, 5.41) is 4.02. The number of aromatic nitrogens is 1. The third-order valence-electron chi connectivity index (χ3n) is 7.14. The normalized spacial score (nSPS) is 12.8. The molecule has 4 aromatic carbocycles. The van der Waals surface area contributed by atoms with Gasteiger partial charge in [0.1, 0.15) is 0 Å². The number of para-hydroxylation sites is 1. The molecule has 0 saturated carbocycles. The maximum Gasteiger partial charge on any atom is 0.258 e. The van der Waals surface area contributed by atoms with Crippen LogP contribution in [0.3, 0.4) is 0 Å². The van der Waals surface area contributed by atoms with Crippen LogP contribution in [0.25, 0.3) is 22.4 Å². The average molecular weight is 595 g/mol. The van der Waals surface area contributed by atoms with Crippen LogP contribution in [0.5, 0.6) is 0 Å². The number of nitrogens with one attached hydrogen (secondary N) is 1. The fourth-order valence-electron chi connectivity index (χ4n) is 5.20. The van der Waals surface area contributed by atoms with Gasteiger partial charge in [0.2, 0.25) is 0 Å². The van der Waals surface area contributed by atoms with Crippen LogP contribution in [-0.2, 0) is 12.8 Å². The Kier molecular flexibility index (Phi) is 8.83. The SMILES string of the molecule is CC(N)Cc1nc2c(s1)CCN(C(=O)c1ccc(NC(=O)c3ccccc3-c3ccccc3)cc1)c1ccccc1-2.Cl. The zero-order valence-electron chi connectivity index (χ0n) is 23.1. The molecule has 0 aliphatic carbocycles. The average Bonchev–Trinajstić information content (AvgIpc) is 3.32. The number of rotatable bonds is 6. The summed E-state index contributed by atoms with van der Waals surface area (Å²) in [6, 6.07) is 32.5. The molecule has 1 aromatic heterocycles. The number of carbonyl (C=O) groups is 2. The molecule has 8 heteroatoms. The predicted molar refractivity (Wildman–Crippen MR) is 174 cm³/mol. The number of halogens is 1. The van der Waals surface area contributed by atoms with Gasteiger partial charge in [-0.25, -0.2) is 4.98 Å². The zero-order valence-corrected chi connectivity index (χ0v) is 24.8. The van der Waals surface area contributed by atoms with Crippen molar-refractivity contribution in [3.05, 3.63) is 124 Å². The molecule has 2 heterocycles. The van der Waals surface area contributed by atoms with Crippen molar-refractivity contribution in [1.82, 2.24) is 4.98 Å². The van der Waals surface area contributed by atoms with E-state index >= 15 is 0 Å². The van der Waals surface area contributed by atoms with E-state index in [9.17, 15) is 9.59 Å². The molecule has 6 rings (SSSR count). The van der Waals surface area contributed by atoms with E-state index < -0.39 is 0 Å². The summed E-state index contributed by atoms with van der Waals surface area (Å²) in [4.78, 5) is 34.9. The Bertz CT molecular complexity index is 1720. The van der Waals surface area contributed by atoms with Crippen LogP contribution in [0.15, 0.2) is 103 Å². The number of carbonyl (C=O) groups excluding carboxylic acids is 2. The minimum Gasteiger partial charge on any atom is -0.328 e. The summed E-state index contributed by atoms with van der Waals surface area (Å²) in [5.41, 5.74) is 12.4. The van der Waals surface area contributed by atoms with Crippen molar-refractivity contribution in [2.24, 2.45) is 5.73 Å². The summed E-state index contributed by atoms with van der Waals surface area (Å²) in [7, 11) is 0. The maximum atomic E-state index is 13.8. The molecule has 0 bridgehead atoms. The molecule has 0 spiro atoms. The van der Waals surface area contributed by atoms with Crippen LogP contribution in [0.1, 0.15) is 37.5 Å². The Labute approximate surface area is 255 Å². The van der Waals surface area contributed by atoms with Gasteiger partial charge in [0, 0.05) is 52.7 Å². The van der Waals surface area contributed by atoms with Crippen molar-refractivity contribution >= 4 is 46.9 Å². The smallest absolute Gasteiger partial charge is 0.258 e. The number of hydrogen-bond donors (Lipinski definition) is 2. The van der Waals surface area contributed by atoms with Gasteiger partial charge in [-0.1, -0.05) is 66.7 Å². The van der Waals surface area contributed by atoms with Gasteiger partial charge >= 0.3 is 0 Å². The van der Waals surface area contributed by atoms with Gasteiger partial charge in [-0.2, -0.15) is 0 Å². The first-order valence-electron chi connectivity index (χ1n) is 13.7. The highest BCUT2D eigenvalue weighted by atomic mass is 35.5. The van der Waals surface area contributed by atoms with Crippen LogP contribution < -0.4 is 16.0 Å². The van der Waals surface area contributed by atoms with Crippen molar-refractivity contribution in [2.75, 3.05) is 16.8 Å². The molecule has 0 radical (unpaired) electrons. The number of amides is 2. The van der Waals surface area contributed by atoms with E-state index in [0.717, 1.165) is 45.9 Å². The molecule has 0 saturated heterocycles. The van der Waals surface area contributed by atoms with E-state index in [1.807, 2.05) is 90.7 Å². The number of fused-ring (bicyclic) bond motifs is 3. The molecule has 5 aromatic rings. The molecular weight excluding hydrogens is 564 g/mol. The molecule has 42 heavy (non-hydrogen) atoms. The van der Waals surface area contributed by atoms with Crippen LogP contribution in [0.4, 0.5) is 11.4 Å². The van der Waals surface area contributed by atoms with Crippen molar-refractivity contribution in [1.29, 1.82) is 0 Å². The van der Waals surface area contributed by atoms with Crippen molar-refractivity contribution in [3.8, 4) is 22.4 Å². The molecule has 3 N–H and O–H groups in total. The number of nitrogens with two attached hydrogens (primary N) is 1. The van der Waals surface area contributed by atoms with E-state index in [4.69, 9.17) is 10.7 Å². The highest BCUT2D eigenvalue weighted by molar-refractivity contribution is 7.12. The molecule has 1 aliphatic rings. The molecule has 0 fully saturated rings. The Morgan fingerprint density at radius 2 is 1.57 bits per heavy atom. The first kappa shape index (κ1) is 29.2. The van der Waals surface area contributed by atoms with Gasteiger partial charge in [0.25, 0.3) is 11.8 Å². The third kappa shape index (κ3) is 5.99. The molecule has 212 valence electrons. The fourth-order valence-corrected chi connectivity index (χ4v) is 6.41. The topological polar surface area (TPSA) is 88.3 Å². The van der Waals surface area contributed by atoms with Gasteiger partial charge < -0.3 is 16.0 Å². The maximum absolute atomic E-state index is 13.8. The summed E-state index contributed by atoms with van der Waals surface area (Å²) in [6.07, 6.45) is 1.46. The Balaban J connectivity index is 0.00000353. The molecule has 6 nitrogen and oxygen atoms in total. The second kappa shape index (κ2) is 12.7. The van der Waals surface area contributed by atoms with Gasteiger partial charge in [0.05, 0.1) is 16.4 Å².